The van der Waals surface area contributed by atoms with E-state index in [0.29, 0.717) is 18.2 Å². The van der Waals surface area contributed by atoms with Crippen molar-refractivity contribution >= 4 is 44.4 Å². The number of imide groups is 1. The van der Waals surface area contributed by atoms with Gasteiger partial charge in [-0.2, -0.15) is 0 Å². The second-order valence-corrected chi connectivity index (χ2v) is 8.11. The number of aromatic nitrogens is 1. The number of thiazole rings is 1. The van der Waals surface area contributed by atoms with Gasteiger partial charge in [0.25, 0.3) is 0 Å². The predicted molar refractivity (Wildman–Crippen MR) is 115 cm³/mol. The van der Waals surface area contributed by atoms with Crippen molar-refractivity contribution in [2.75, 3.05) is 37.6 Å². The number of aryl methyl sites for hydroxylation is 1. The molecule has 8 heteroatoms. The molecule has 0 unspecified atom stereocenters. The number of carbonyl (C=O) groups is 3. The van der Waals surface area contributed by atoms with Crippen LogP contribution in [0.3, 0.4) is 0 Å². The molecule has 1 aliphatic heterocycles. The predicted octanol–water partition coefficient (Wildman–Crippen LogP) is 2.68. The lowest BCUT2D eigenvalue weighted by molar-refractivity contribution is -0.141. The third-order valence-corrected chi connectivity index (χ3v) is 6.41. The van der Waals surface area contributed by atoms with Gasteiger partial charge in [-0.3, -0.25) is 24.2 Å². The van der Waals surface area contributed by atoms with Crippen LogP contribution in [0.2, 0.25) is 0 Å². The van der Waals surface area contributed by atoms with Crippen molar-refractivity contribution in [3.63, 3.8) is 0 Å². The Hall–Kier alpha value is -2.32. The van der Waals surface area contributed by atoms with Crippen molar-refractivity contribution in [3.05, 3.63) is 23.8 Å². The number of hydrogen-bond acceptors (Lipinski definition) is 6. The summed E-state index contributed by atoms with van der Waals surface area (Å²) in [4.78, 5) is 46.6. The summed E-state index contributed by atoms with van der Waals surface area (Å²) in [7, 11) is 0. The zero-order valence-electron chi connectivity index (χ0n) is 17.3. The molecule has 1 aliphatic rings. The lowest BCUT2D eigenvalue weighted by Gasteiger charge is -2.26. The molecule has 7 nitrogen and oxygen atoms in total. The van der Waals surface area contributed by atoms with Gasteiger partial charge in [0.1, 0.15) is 6.54 Å². The fourth-order valence-electron chi connectivity index (χ4n) is 3.42. The van der Waals surface area contributed by atoms with Crippen molar-refractivity contribution < 1.29 is 14.4 Å². The number of likely N-dealkylation sites (tertiary alicyclic amines) is 1. The Morgan fingerprint density at radius 1 is 1.10 bits per heavy atom. The molecule has 1 fully saturated rings. The highest BCUT2D eigenvalue weighted by Crippen LogP contribution is 2.30. The summed E-state index contributed by atoms with van der Waals surface area (Å²) in [6.45, 7) is 9.01. The fourth-order valence-corrected chi connectivity index (χ4v) is 4.49. The molecule has 0 atom stereocenters. The maximum absolute atomic E-state index is 13.1. The molecule has 156 valence electrons. The average Bonchev–Trinajstić information content (AvgIpc) is 3.28. The molecule has 3 rings (SSSR count). The molecule has 2 aromatic rings. The highest BCUT2D eigenvalue weighted by Gasteiger charge is 2.32. The van der Waals surface area contributed by atoms with Crippen molar-refractivity contribution in [1.29, 1.82) is 0 Å². The average molecular weight is 417 g/mol. The van der Waals surface area contributed by atoms with E-state index >= 15 is 0 Å². The first-order chi connectivity index (χ1) is 14.0. The van der Waals surface area contributed by atoms with Gasteiger partial charge < -0.3 is 4.90 Å². The van der Waals surface area contributed by atoms with Crippen LogP contribution in [0, 0.1) is 0 Å². The normalized spacial score (nSPS) is 14.4. The van der Waals surface area contributed by atoms with E-state index in [1.807, 2.05) is 6.07 Å². The van der Waals surface area contributed by atoms with E-state index in [1.54, 1.807) is 4.90 Å². The molecule has 1 aromatic carbocycles. The Morgan fingerprint density at radius 2 is 1.79 bits per heavy atom. The van der Waals surface area contributed by atoms with E-state index in [9.17, 15) is 14.4 Å². The molecule has 3 amide bonds. The number of benzene rings is 1. The van der Waals surface area contributed by atoms with Crippen LogP contribution in [0.4, 0.5) is 5.13 Å². The summed E-state index contributed by atoms with van der Waals surface area (Å²) >= 11 is 1.48. The molecule has 1 saturated heterocycles. The zero-order valence-corrected chi connectivity index (χ0v) is 18.1. The lowest BCUT2D eigenvalue weighted by Crippen LogP contribution is -2.45. The minimum atomic E-state index is -0.274. The van der Waals surface area contributed by atoms with E-state index < -0.39 is 0 Å². The van der Waals surface area contributed by atoms with Crippen molar-refractivity contribution in [3.8, 4) is 0 Å². The van der Waals surface area contributed by atoms with Gasteiger partial charge in [0.2, 0.25) is 17.7 Å². The maximum atomic E-state index is 13.1. The van der Waals surface area contributed by atoms with Gasteiger partial charge in [-0.15, -0.1) is 0 Å². The molecule has 0 N–H and O–H groups in total. The summed E-state index contributed by atoms with van der Waals surface area (Å²) in [5, 5.41) is 0.615. The minimum absolute atomic E-state index is 0.187. The summed E-state index contributed by atoms with van der Waals surface area (Å²) in [5.41, 5.74) is 2.08. The lowest BCUT2D eigenvalue weighted by atomic mass is 10.2. The molecule has 0 saturated carbocycles. The van der Waals surface area contributed by atoms with Gasteiger partial charge in [-0.05, 0) is 37.2 Å². The summed E-state index contributed by atoms with van der Waals surface area (Å²) in [5.74, 6) is -0.816. The Labute approximate surface area is 175 Å². The SMILES string of the molecule is CCc1ccc2nc(N(CCN(CC)CC)C(=O)CN3C(=O)CCC3=O)sc2c1. The number of carbonyl (C=O) groups excluding carboxylic acids is 3. The molecule has 2 heterocycles. The third kappa shape index (κ3) is 4.82. The smallest absolute Gasteiger partial charge is 0.248 e. The van der Waals surface area contributed by atoms with Crippen LogP contribution in [0.1, 0.15) is 39.2 Å². The monoisotopic (exact) mass is 416 g/mol. The second-order valence-electron chi connectivity index (χ2n) is 7.10. The number of nitrogens with zero attached hydrogens (tertiary/aromatic N) is 4. The van der Waals surface area contributed by atoms with E-state index in [2.05, 4.69) is 42.8 Å². The van der Waals surface area contributed by atoms with Gasteiger partial charge in [-0.25, -0.2) is 4.98 Å². The third-order valence-electron chi connectivity index (χ3n) is 5.36. The van der Waals surface area contributed by atoms with Crippen LogP contribution < -0.4 is 4.90 Å². The van der Waals surface area contributed by atoms with Crippen LogP contribution in [-0.2, 0) is 20.8 Å². The van der Waals surface area contributed by atoms with Gasteiger partial charge in [0.15, 0.2) is 5.13 Å². The summed E-state index contributed by atoms with van der Waals surface area (Å²) < 4.78 is 1.04. The van der Waals surface area contributed by atoms with Crippen LogP contribution in [0.25, 0.3) is 10.2 Å². The molecule has 0 spiro atoms. The van der Waals surface area contributed by atoms with Crippen molar-refractivity contribution in [1.82, 2.24) is 14.8 Å². The van der Waals surface area contributed by atoms with Crippen LogP contribution >= 0.6 is 11.3 Å². The summed E-state index contributed by atoms with van der Waals surface area (Å²) in [6.07, 6.45) is 1.31. The number of likely N-dealkylation sites (N-methyl/N-ethyl adjacent to an activating group) is 1. The molecular weight excluding hydrogens is 388 g/mol. The standard InChI is InChI=1S/C21H28N4O3S/c1-4-15-7-8-16-17(13-15)29-21(22-16)24(12-11-23(5-2)6-3)20(28)14-25-18(26)9-10-19(25)27/h7-8,13H,4-6,9-12,14H2,1-3H3. The number of rotatable bonds is 9. The molecule has 0 radical (unpaired) electrons. The van der Waals surface area contributed by atoms with Gasteiger partial charge in [0.05, 0.1) is 10.2 Å². The van der Waals surface area contributed by atoms with Gasteiger partial charge in [0, 0.05) is 25.9 Å². The van der Waals surface area contributed by atoms with E-state index in [0.717, 1.165) is 34.6 Å². The molecular formula is C21H28N4O3S. The quantitative estimate of drug-likeness (QED) is 0.588. The fraction of sp³-hybridized carbons (Fsp3) is 0.524. The highest BCUT2D eigenvalue weighted by molar-refractivity contribution is 7.22. The van der Waals surface area contributed by atoms with Crippen LogP contribution in [0.5, 0.6) is 0 Å². The largest absolute Gasteiger partial charge is 0.302 e. The number of hydrogen-bond donors (Lipinski definition) is 0. The number of amides is 3. The Bertz CT molecular complexity index is 890. The van der Waals surface area contributed by atoms with E-state index in [-0.39, 0.29) is 37.1 Å². The van der Waals surface area contributed by atoms with Gasteiger partial charge >= 0.3 is 0 Å². The zero-order chi connectivity index (χ0) is 21.0. The molecule has 0 aliphatic carbocycles. The Morgan fingerprint density at radius 3 is 2.41 bits per heavy atom. The molecule has 1 aromatic heterocycles. The first-order valence-electron chi connectivity index (χ1n) is 10.2. The second kappa shape index (κ2) is 9.45. The van der Waals surface area contributed by atoms with E-state index in [4.69, 9.17) is 0 Å². The number of fused-ring (bicyclic) bond motifs is 1. The minimum Gasteiger partial charge on any atom is -0.302 e. The topological polar surface area (TPSA) is 73.8 Å². The molecule has 29 heavy (non-hydrogen) atoms. The van der Waals surface area contributed by atoms with E-state index in [1.165, 1.54) is 16.9 Å². The van der Waals surface area contributed by atoms with Crippen molar-refractivity contribution in [2.45, 2.75) is 40.0 Å². The molecule has 0 bridgehead atoms. The maximum Gasteiger partial charge on any atom is 0.248 e. The van der Waals surface area contributed by atoms with Gasteiger partial charge in [-0.1, -0.05) is 38.2 Å². The highest BCUT2D eigenvalue weighted by atomic mass is 32.1. The first-order valence-corrected chi connectivity index (χ1v) is 11.0. The summed E-state index contributed by atoms with van der Waals surface area (Å²) in [6, 6.07) is 6.14. The van der Waals surface area contributed by atoms with Crippen LogP contribution in [0.15, 0.2) is 18.2 Å². The van der Waals surface area contributed by atoms with Crippen LogP contribution in [-0.4, -0.2) is 65.2 Å². The number of anilines is 1. The Balaban J connectivity index is 1.86. The van der Waals surface area contributed by atoms with Crippen molar-refractivity contribution in [2.24, 2.45) is 0 Å². The Kier molecular flexibility index (Phi) is 6.97. The first kappa shape index (κ1) is 21.4.